The van der Waals surface area contributed by atoms with Crippen LogP contribution in [-0.4, -0.2) is 19.7 Å². The van der Waals surface area contributed by atoms with Gasteiger partial charge in [-0.15, -0.1) is 0 Å². The van der Waals surface area contributed by atoms with Gasteiger partial charge in [0.2, 0.25) is 0 Å². The molecule has 0 aliphatic heterocycles. The van der Waals surface area contributed by atoms with Crippen molar-refractivity contribution in [3.63, 3.8) is 0 Å². The molecule has 3 aromatic rings. The van der Waals surface area contributed by atoms with Crippen LogP contribution in [0.3, 0.4) is 0 Å². The number of aromatic nitrogens is 3. The molecule has 0 fully saturated rings. The van der Waals surface area contributed by atoms with Gasteiger partial charge in [-0.05, 0) is 17.7 Å². The first kappa shape index (κ1) is 9.65. The summed E-state index contributed by atoms with van der Waals surface area (Å²) in [6.45, 7) is 0. The Morgan fingerprint density at radius 2 is 2.06 bits per heavy atom. The first-order chi connectivity index (χ1) is 8.24. The Morgan fingerprint density at radius 1 is 1.18 bits per heavy atom. The molecule has 3 N–H and O–H groups in total. The van der Waals surface area contributed by atoms with E-state index in [9.17, 15) is 5.11 Å². The average Bonchev–Trinajstić information content (AvgIpc) is 2.71. The maximum atomic E-state index is 9.43. The van der Waals surface area contributed by atoms with Crippen LogP contribution < -0.4 is 5.73 Å². The third kappa shape index (κ3) is 1.57. The molecule has 5 heteroatoms. The Bertz CT molecular complexity index is 690. The number of phenolic OH excluding ortho intramolecular Hbond substituents is 1. The molecule has 0 saturated heterocycles. The number of hydrogen-bond acceptors (Lipinski definition) is 4. The maximum absolute atomic E-state index is 9.43. The molecule has 1 aromatic carbocycles. The Balaban J connectivity index is 2.18. The summed E-state index contributed by atoms with van der Waals surface area (Å²) in [5.41, 5.74) is 8.64. The zero-order chi connectivity index (χ0) is 11.8. The molecule has 0 atom stereocenters. The van der Waals surface area contributed by atoms with Gasteiger partial charge in [-0.2, -0.15) is 5.10 Å². The number of benzene rings is 1. The zero-order valence-corrected chi connectivity index (χ0v) is 8.91. The van der Waals surface area contributed by atoms with E-state index in [4.69, 9.17) is 5.73 Å². The largest absolute Gasteiger partial charge is 0.508 e. The molecule has 0 aliphatic carbocycles. The minimum Gasteiger partial charge on any atom is -0.508 e. The molecule has 0 spiro atoms. The lowest BCUT2D eigenvalue weighted by Crippen LogP contribution is -1.93. The van der Waals surface area contributed by atoms with Gasteiger partial charge in [0.05, 0.1) is 11.9 Å². The van der Waals surface area contributed by atoms with Gasteiger partial charge < -0.3 is 10.8 Å². The van der Waals surface area contributed by atoms with Gasteiger partial charge in [-0.3, -0.25) is 0 Å². The van der Waals surface area contributed by atoms with E-state index < -0.39 is 0 Å². The number of nitrogens with zero attached hydrogens (tertiary/aromatic N) is 3. The number of aromatic hydroxyl groups is 1. The van der Waals surface area contributed by atoms with Crippen molar-refractivity contribution in [3.05, 3.63) is 42.9 Å². The van der Waals surface area contributed by atoms with Gasteiger partial charge >= 0.3 is 0 Å². The maximum Gasteiger partial charge on any atom is 0.178 e. The van der Waals surface area contributed by atoms with Crippen LogP contribution in [-0.2, 0) is 0 Å². The normalized spacial score (nSPS) is 10.8. The zero-order valence-electron chi connectivity index (χ0n) is 8.91. The van der Waals surface area contributed by atoms with Gasteiger partial charge in [0, 0.05) is 18.0 Å². The third-order valence-electron chi connectivity index (χ3n) is 2.56. The van der Waals surface area contributed by atoms with Crippen molar-refractivity contribution in [2.24, 2.45) is 0 Å². The smallest absolute Gasteiger partial charge is 0.178 e. The second-order valence-corrected chi connectivity index (χ2v) is 3.76. The molecule has 0 amide bonds. The fourth-order valence-electron chi connectivity index (χ4n) is 1.73. The number of hydrogen-bond donors (Lipinski definition) is 2. The number of rotatable bonds is 1. The van der Waals surface area contributed by atoms with Crippen molar-refractivity contribution in [3.8, 4) is 16.9 Å². The molecule has 0 bridgehead atoms. The van der Waals surface area contributed by atoms with E-state index in [1.54, 1.807) is 35.1 Å². The Hall–Kier alpha value is -2.56. The Morgan fingerprint density at radius 3 is 2.88 bits per heavy atom. The second kappa shape index (κ2) is 3.48. The summed E-state index contributed by atoms with van der Waals surface area (Å²) in [6, 6.07) is 6.98. The molecule has 2 heterocycles. The van der Waals surface area contributed by atoms with Crippen LogP contribution in [0, 0.1) is 0 Å². The summed E-state index contributed by atoms with van der Waals surface area (Å²) in [4.78, 5) is 4.24. The molecule has 2 aromatic heterocycles. The second-order valence-electron chi connectivity index (χ2n) is 3.76. The van der Waals surface area contributed by atoms with Crippen LogP contribution in [0.4, 0.5) is 5.69 Å². The number of fused-ring (bicyclic) bond motifs is 1. The van der Waals surface area contributed by atoms with Crippen molar-refractivity contribution >= 4 is 11.3 Å². The summed E-state index contributed by atoms with van der Waals surface area (Å²) in [7, 11) is 0. The lowest BCUT2D eigenvalue weighted by atomic mass is 10.1. The van der Waals surface area contributed by atoms with E-state index in [-0.39, 0.29) is 5.75 Å². The SMILES string of the molecule is Nc1cnn2cc(-c3cccc(O)c3)cnc12. The van der Waals surface area contributed by atoms with Crippen LogP contribution in [0.2, 0.25) is 0 Å². The van der Waals surface area contributed by atoms with Crippen LogP contribution in [0.25, 0.3) is 16.8 Å². The van der Waals surface area contributed by atoms with Crippen molar-refractivity contribution in [1.29, 1.82) is 0 Å². The highest BCUT2D eigenvalue weighted by atomic mass is 16.3. The quantitative estimate of drug-likeness (QED) is 0.662. The molecule has 0 aliphatic rings. The molecular formula is C12H10N4O. The molecule has 3 rings (SSSR count). The van der Waals surface area contributed by atoms with Crippen LogP contribution >= 0.6 is 0 Å². The lowest BCUT2D eigenvalue weighted by molar-refractivity contribution is 0.475. The van der Waals surface area contributed by atoms with Crippen molar-refractivity contribution < 1.29 is 5.11 Å². The van der Waals surface area contributed by atoms with Crippen molar-refractivity contribution in [1.82, 2.24) is 14.6 Å². The monoisotopic (exact) mass is 226 g/mol. The summed E-state index contributed by atoms with van der Waals surface area (Å²) in [6.07, 6.45) is 5.10. The van der Waals surface area contributed by atoms with E-state index >= 15 is 0 Å². The van der Waals surface area contributed by atoms with Gasteiger partial charge in [0.15, 0.2) is 5.65 Å². The third-order valence-corrected chi connectivity index (χ3v) is 2.56. The molecule has 0 unspecified atom stereocenters. The van der Waals surface area contributed by atoms with E-state index in [1.807, 2.05) is 12.3 Å². The van der Waals surface area contributed by atoms with Gasteiger partial charge in [0.25, 0.3) is 0 Å². The summed E-state index contributed by atoms with van der Waals surface area (Å²) in [5, 5.41) is 13.5. The van der Waals surface area contributed by atoms with E-state index in [1.165, 1.54) is 0 Å². The minimum atomic E-state index is 0.225. The topological polar surface area (TPSA) is 76.4 Å². The lowest BCUT2D eigenvalue weighted by Gasteiger charge is -2.02. The predicted molar refractivity (Wildman–Crippen MR) is 64.5 cm³/mol. The number of nitrogens with two attached hydrogens (primary N) is 1. The summed E-state index contributed by atoms with van der Waals surface area (Å²) in [5.74, 6) is 0.225. The van der Waals surface area contributed by atoms with E-state index in [2.05, 4.69) is 10.1 Å². The van der Waals surface area contributed by atoms with Crippen LogP contribution in [0.1, 0.15) is 0 Å². The molecule has 0 saturated carbocycles. The van der Waals surface area contributed by atoms with E-state index in [0.717, 1.165) is 11.1 Å². The number of phenols is 1. The molecule has 0 radical (unpaired) electrons. The Kier molecular flexibility index (Phi) is 1.98. The summed E-state index contributed by atoms with van der Waals surface area (Å²) >= 11 is 0. The highest BCUT2D eigenvalue weighted by Crippen LogP contribution is 2.23. The summed E-state index contributed by atoms with van der Waals surface area (Å²) < 4.78 is 1.62. The standard InChI is InChI=1S/C12H10N4O/c13-11-6-15-16-7-9(5-14-12(11)16)8-2-1-3-10(17)4-8/h1-7,17H,13H2. The van der Waals surface area contributed by atoms with Crippen LogP contribution in [0.5, 0.6) is 5.75 Å². The minimum absolute atomic E-state index is 0.225. The van der Waals surface area contributed by atoms with E-state index in [0.29, 0.717) is 11.3 Å². The molecule has 17 heavy (non-hydrogen) atoms. The average molecular weight is 226 g/mol. The molecule has 84 valence electrons. The van der Waals surface area contributed by atoms with Gasteiger partial charge in [-0.1, -0.05) is 12.1 Å². The Labute approximate surface area is 97.1 Å². The first-order valence-electron chi connectivity index (χ1n) is 5.12. The highest BCUT2D eigenvalue weighted by Gasteiger charge is 2.04. The fourth-order valence-corrected chi connectivity index (χ4v) is 1.73. The van der Waals surface area contributed by atoms with Gasteiger partial charge in [-0.25, -0.2) is 9.50 Å². The highest BCUT2D eigenvalue weighted by molar-refractivity contribution is 5.68. The fraction of sp³-hybridized carbons (Fsp3) is 0. The van der Waals surface area contributed by atoms with Crippen molar-refractivity contribution in [2.45, 2.75) is 0 Å². The molecular weight excluding hydrogens is 216 g/mol. The van der Waals surface area contributed by atoms with Gasteiger partial charge in [0.1, 0.15) is 5.75 Å². The van der Waals surface area contributed by atoms with Crippen LogP contribution in [0.15, 0.2) is 42.9 Å². The van der Waals surface area contributed by atoms with Crippen molar-refractivity contribution in [2.75, 3.05) is 5.73 Å². The number of anilines is 1. The predicted octanol–water partition coefficient (Wildman–Crippen LogP) is 1.68. The first-order valence-corrected chi connectivity index (χ1v) is 5.12. The molecule has 5 nitrogen and oxygen atoms in total. The number of nitrogen functional groups attached to an aromatic ring is 1.